The minimum Gasteiger partial charge on any atom is -0.496 e. The van der Waals surface area contributed by atoms with E-state index in [0.29, 0.717) is 23.5 Å². The van der Waals surface area contributed by atoms with Crippen LogP contribution in [0.2, 0.25) is 0 Å². The lowest BCUT2D eigenvalue weighted by atomic mass is 10.1. The van der Waals surface area contributed by atoms with Crippen molar-refractivity contribution in [1.29, 1.82) is 10.5 Å². The number of hydrogen-bond donors (Lipinski definition) is 1. The molecule has 0 heterocycles. The van der Waals surface area contributed by atoms with Crippen molar-refractivity contribution in [3.05, 3.63) is 58.9 Å². The number of ether oxygens (including phenoxy) is 1. The highest BCUT2D eigenvalue weighted by Crippen LogP contribution is 2.22. The van der Waals surface area contributed by atoms with E-state index >= 15 is 0 Å². The Kier molecular flexibility index (Phi) is 4.38. The van der Waals surface area contributed by atoms with E-state index in [2.05, 4.69) is 11.4 Å². The highest BCUT2D eigenvalue weighted by atomic mass is 19.1. The average Bonchev–Trinajstić information content (AvgIpc) is 2.53. The van der Waals surface area contributed by atoms with Crippen molar-refractivity contribution in [3.8, 4) is 17.9 Å². The Balaban J connectivity index is 2.20. The predicted molar refractivity (Wildman–Crippen MR) is 76.2 cm³/mol. The van der Waals surface area contributed by atoms with E-state index in [1.807, 2.05) is 0 Å². The Morgan fingerprint density at radius 3 is 2.62 bits per heavy atom. The number of rotatable bonds is 4. The van der Waals surface area contributed by atoms with Gasteiger partial charge in [0.1, 0.15) is 17.6 Å². The van der Waals surface area contributed by atoms with E-state index in [9.17, 15) is 4.39 Å². The van der Waals surface area contributed by atoms with Crippen LogP contribution in [0.3, 0.4) is 0 Å². The number of anilines is 1. The van der Waals surface area contributed by atoms with Gasteiger partial charge in [0, 0.05) is 17.8 Å². The maximum absolute atomic E-state index is 13.2. The van der Waals surface area contributed by atoms with Crippen LogP contribution < -0.4 is 10.1 Å². The van der Waals surface area contributed by atoms with Crippen LogP contribution in [0.4, 0.5) is 10.1 Å². The maximum atomic E-state index is 13.2. The van der Waals surface area contributed by atoms with Crippen LogP contribution in [0.25, 0.3) is 0 Å². The van der Waals surface area contributed by atoms with Gasteiger partial charge in [-0.25, -0.2) is 4.39 Å². The summed E-state index contributed by atoms with van der Waals surface area (Å²) < 4.78 is 18.5. The molecular formula is C16H12FN3O. The summed E-state index contributed by atoms with van der Waals surface area (Å²) in [5.41, 5.74) is 1.94. The first-order valence-corrected chi connectivity index (χ1v) is 6.18. The molecule has 0 fully saturated rings. The van der Waals surface area contributed by atoms with Crippen LogP contribution in [0.15, 0.2) is 36.4 Å². The first-order chi connectivity index (χ1) is 10.2. The summed E-state index contributed by atoms with van der Waals surface area (Å²) in [7, 11) is 1.55. The van der Waals surface area contributed by atoms with E-state index in [4.69, 9.17) is 15.3 Å². The fourth-order valence-electron chi connectivity index (χ4n) is 1.90. The van der Waals surface area contributed by atoms with Crippen molar-refractivity contribution < 1.29 is 9.13 Å². The molecule has 0 spiro atoms. The molecular weight excluding hydrogens is 269 g/mol. The monoisotopic (exact) mass is 281 g/mol. The van der Waals surface area contributed by atoms with Crippen LogP contribution in [0, 0.1) is 28.5 Å². The Morgan fingerprint density at radius 1 is 1.14 bits per heavy atom. The molecule has 0 aliphatic carbocycles. The molecule has 1 N–H and O–H groups in total. The fraction of sp³-hybridized carbons (Fsp3) is 0.125. The third-order valence-corrected chi connectivity index (χ3v) is 2.98. The third-order valence-electron chi connectivity index (χ3n) is 2.98. The second kappa shape index (κ2) is 6.40. The first-order valence-electron chi connectivity index (χ1n) is 6.18. The van der Waals surface area contributed by atoms with Gasteiger partial charge in [-0.1, -0.05) is 0 Å². The van der Waals surface area contributed by atoms with Crippen LogP contribution in [-0.2, 0) is 6.54 Å². The molecule has 4 nitrogen and oxygen atoms in total. The second-order valence-electron chi connectivity index (χ2n) is 4.30. The number of methoxy groups -OCH3 is 1. The lowest BCUT2D eigenvalue weighted by Gasteiger charge is -2.11. The van der Waals surface area contributed by atoms with Gasteiger partial charge in [-0.2, -0.15) is 10.5 Å². The summed E-state index contributed by atoms with van der Waals surface area (Å²) in [6.45, 7) is 0.398. The smallest absolute Gasteiger partial charge is 0.141 e. The minimum absolute atomic E-state index is 0.0160. The highest BCUT2D eigenvalue weighted by Gasteiger charge is 2.06. The first kappa shape index (κ1) is 14.4. The van der Waals surface area contributed by atoms with Gasteiger partial charge in [-0.15, -0.1) is 0 Å². The van der Waals surface area contributed by atoms with Crippen molar-refractivity contribution in [2.45, 2.75) is 6.54 Å². The molecule has 5 heteroatoms. The zero-order chi connectivity index (χ0) is 15.2. The summed E-state index contributed by atoms with van der Waals surface area (Å²) >= 11 is 0. The largest absolute Gasteiger partial charge is 0.496 e. The molecule has 0 saturated heterocycles. The highest BCUT2D eigenvalue weighted by molar-refractivity contribution is 5.51. The van der Waals surface area contributed by atoms with Gasteiger partial charge in [0.15, 0.2) is 0 Å². The number of nitrogens with zero attached hydrogens (tertiary/aromatic N) is 2. The van der Waals surface area contributed by atoms with Crippen LogP contribution >= 0.6 is 0 Å². The van der Waals surface area contributed by atoms with Crippen LogP contribution in [0.1, 0.15) is 16.7 Å². The van der Waals surface area contributed by atoms with Gasteiger partial charge in [-0.05, 0) is 36.4 Å². The van der Waals surface area contributed by atoms with Crippen molar-refractivity contribution >= 4 is 5.69 Å². The molecule has 0 radical (unpaired) electrons. The van der Waals surface area contributed by atoms with Gasteiger partial charge < -0.3 is 10.1 Å². The van der Waals surface area contributed by atoms with E-state index in [1.54, 1.807) is 37.4 Å². The van der Waals surface area contributed by atoms with Gasteiger partial charge in [0.25, 0.3) is 0 Å². The Hall–Kier alpha value is -3.05. The molecule has 2 rings (SSSR count). The van der Waals surface area contributed by atoms with Crippen molar-refractivity contribution in [2.24, 2.45) is 0 Å². The van der Waals surface area contributed by atoms with Crippen molar-refractivity contribution in [3.63, 3.8) is 0 Å². The maximum Gasteiger partial charge on any atom is 0.141 e. The van der Waals surface area contributed by atoms with E-state index in [-0.39, 0.29) is 5.56 Å². The quantitative estimate of drug-likeness (QED) is 0.934. The Labute approximate surface area is 122 Å². The molecule has 2 aromatic carbocycles. The number of nitriles is 2. The van der Waals surface area contributed by atoms with E-state index in [0.717, 1.165) is 5.56 Å². The van der Waals surface area contributed by atoms with Gasteiger partial charge >= 0.3 is 0 Å². The van der Waals surface area contributed by atoms with E-state index < -0.39 is 5.82 Å². The fourth-order valence-corrected chi connectivity index (χ4v) is 1.90. The third kappa shape index (κ3) is 3.29. The lowest BCUT2D eigenvalue weighted by molar-refractivity contribution is 0.410. The minimum atomic E-state index is -0.549. The molecule has 0 bridgehead atoms. The van der Waals surface area contributed by atoms with Gasteiger partial charge in [-0.3, -0.25) is 0 Å². The average molecular weight is 281 g/mol. The molecule has 0 saturated carbocycles. The van der Waals surface area contributed by atoms with Gasteiger partial charge in [0.2, 0.25) is 0 Å². The predicted octanol–water partition coefficient (Wildman–Crippen LogP) is 3.19. The van der Waals surface area contributed by atoms with Crippen molar-refractivity contribution in [2.75, 3.05) is 12.4 Å². The van der Waals surface area contributed by atoms with Crippen LogP contribution in [-0.4, -0.2) is 7.11 Å². The lowest BCUT2D eigenvalue weighted by Crippen LogP contribution is -2.03. The zero-order valence-electron chi connectivity index (χ0n) is 11.4. The summed E-state index contributed by atoms with van der Waals surface area (Å²) in [4.78, 5) is 0. The number of hydrogen-bond acceptors (Lipinski definition) is 4. The molecule has 0 atom stereocenters. The summed E-state index contributed by atoms with van der Waals surface area (Å²) in [5, 5.41) is 20.8. The number of halogens is 1. The van der Waals surface area contributed by atoms with Crippen LogP contribution in [0.5, 0.6) is 5.75 Å². The molecule has 0 aromatic heterocycles. The molecule has 0 aliphatic rings. The summed E-state index contributed by atoms with van der Waals surface area (Å²) in [6.07, 6.45) is 0. The Bertz CT molecular complexity index is 744. The molecule has 2 aromatic rings. The SMILES string of the molecule is COc1ccc(C#N)cc1CNc1ccc(F)c(C#N)c1. The standard InChI is InChI=1S/C16H12FN3O/c1-21-16-5-2-11(8-18)6-13(16)10-20-14-3-4-15(17)12(7-14)9-19/h2-7,20H,10H2,1H3. The molecule has 21 heavy (non-hydrogen) atoms. The topological polar surface area (TPSA) is 68.8 Å². The molecule has 0 unspecified atom stereocenters. The number of benzene rings is 2. The molecule has 104 valence electrons. The Morgan fingerprint density at radius 2 is 1.95 bits per heavy atom. The normalized spacial score (nSPS) is 9.52. The second-order valence-corrected chi connectivity index (χ2v) is 4.30. The van der Waals surface area contributed by atoms with E-state index in [1.165, 1.54) is 12.1 Å². The number of nitrogens with one attached hydrogen (secondary N) is 1. The molecule has 0 amide bonds. The van der Waals surface area contributed by atoms with Gasteiger partial charge in [0.05, 0.1) is 24.3 Å². The molecule has 0 aliphatic heterocycles. The van der Waals surface area contributed by atoms with Crippen molar-refractivity contribution in [1.82, 2.24) is 0 Å². The summed E-state index contributed by atoms with van der Waals surface area (Å²) in [5.74, 6) is 0.108. The zero-order valence-corrected chi connectivity index (χ0v) is 11.4. The summed E-state index contributed by atoms with van der Waals surface area (Å²) in [6, 6.07) is 13.2.